The summed E-state index contributed by atoms with van der Waals surface area (Å²) in [7, 11) is 0. The van der Waals surface area contributed by atoms with Crippen molar-refractivity contribution in [1.29, 1.82) is 0 Å². The van der Waals surface area contributed by atoms with Gasteiger partial charge in [0.2, 0.25) is 0 Å². The van der Waals surface area contributed by atoms with Gasteiger partial charge in [0.15, 0.2) is 0 Å². The van der Waals surface area contributed by atoms with Crippen molar-refractivity contribution in [2.45, 2.75) is 135 Å². The van der Waals surface area contributed by atoms with Crippen molar-refractivity contribution < 1.29 is 5.11 Å². The van der Waals surface area contributed by atoms with E-state index in [0.29, 0.717) is 0 Å². The van der Waals surface area contributed by atoms with E-state index in [9.17, 15) is 0 Å². The number of aliphatic hydroxyl groups excluding tert-OH is 1. The molecular weight excluding hydrogens is 292 g/mol. The van der Waals surface area contributed by atoms with Crippen molar-refractivity contribution in [2.75, 3.05) is 0 Å². The molecule has 0 spiro atoms. The normalized spacial score (nSPS) is 10.5. The molecule has 0 amide bonds. The standard InChI is InChI=1S/C23H44O/c1-2-3-4-5-6-7-8-9-10-11-12-13-14-15-16-17-18-19-20-21-22-23-24/h24H,2-21H2,1H3. The Balaban J connectivity index is 2.96. The second-order valence-corrected chi connectivity index (χ2v) is 7.40. The Morgan fingerprint density at radius 2 is 0.750 bits per heavy atom. The molecule has 0 aromatic heterocycles. The minimum atomic E-state index is 0.857. The van der Waals surface area contributed by atoms with Crippen LogP contribution in [0.15, 0.2) is 0 Å². The largest absolute Gasteiger partial charge is 0.462 e. The molecule has 1 heteroatoms. The maximum atomic E-state index is 8.36. The molecule has 0 heterocycles. The summed E-state index contributed by atoms with van der Waals surface area (Å²) in [6, 6.07) is 0. The monoisotopic (exact) mass is 336 g/mol. The predicted molar refractivity (Wildman–Crippen MR) is 108 cm³/mol. The van der Waals surface area contributed by atoms with Gasteiger partial charge < -0.3 is 5.11 Å². The van der Waals surface area contributed by atoms with E-state index < -0.39 is 0 Å². The van der Waals surface area contributed by atoms with Crippen LogP contribution in [0.1, 0.15) is 135 Å². The molecule has 142 valence electrons. The first-order valence-electron chi connectivity index (χ1n) is 11.0. The van der Waals surface area contributed by atoms with E-state index in [1.54, 1.807) is 0 Å². The Labute approximate surface area is 153 Å². The highest BCUT2D eigenvalue weighted by Gasteiger charge is 1.95. The Bertz CT molecular complexity index is 273. The van der Waals surface area contributed by atoms with Gasteiger partial charge in [0.25, 0.3) is 0 Å². The molecule has 0 aliphatic carbocycles. The highest BCUT2D eigenvalue weighted by Crippen LogP contribution is 2.14. The Morgan fingerprint density at radius 3 is 1.04 bits per heavy atom. The lowest BCUT2D eigenvalue weighted by molar-refractivity contribution is 0.514. The van der Waals surface area contributed by atoms with Gasteiger partial charge in [-0.05, 0) is 6.42 Å². The number of rotatable bonds is 19. The Morgan fingerprint density at radius 1 is 0.458 bits per heavy atom. The van der Waals surface area contributed by atoms with Crippen LogP contribution in [0.5, 0.6) is 0 Å². The third-order valence-electron chi connectivity index (χ3n) is 4.98. The average Bonchev–Trinajstić information content (AvgIpc) is 2.60. The highest BCUT2D eigenvalue weighted by molar-refractivity contribution is 4.88. The van der Waals surface area contributed by atoms with Gasteiger partial charge in [-0.1, -0.05) is 128 Å². The van der Waals surface area contributed by atoms with Crippen LogP contribution >= 0.6 is 0 Å². The van der Waals surface area contributed by atoms with Gasteiger partial charge in [-0.25, -0.2) is 0 Å². The quantitative estimate of drug-likeness (QED) is 0.186. The van der Waals surface area contributed by atoms with Crippen LogP contribution in [0.2, 0.25) is 0 Å². The SMILES string of the molecule is CCCCCCCCCCCCCCCCCCCCCC#CO. The average molecular weight is 337 g/mol. The molecule has 24 heavy (non-hydrogen) atoms. The summed E-state index contributed by atoms with van der Waals surface area (Å²) in [5.41, 5.74) is 0. The minimum Gasteiger partial charge on any atom is -0.462 e. The summed E-state index contributed by atoms with van der Waals surface area (Å²) in [6.07, 6.45) is 29.6. The van der Waals surface area contributed by atoms with Crippen LogP contribution in [0.25, 0.3) is 0 Å². The fraction of sp³-hybridized carbons (Fsp3) is 0.913. The summed E-state index contributed by atoms with van der Waals surface area (Å²) < 4.78 is 0. The summed E-state index contributed by atoms with van der Waals surface area (Å²) in [5, 5.41) is 8.36. The van der Waals surface area contributed by atoms with Gasteiger partial charge in [-0.2, -0.15) is 0 Å². The summed E-state index contributed by atoms with van der Waals surface area (Å²) >= 11 is 0. The zero-order valence-electron chi connectivity index (χ0n) is 16.6. The van der Waals surface area contributed by atoms with Gasteiger partial charge in [-0.15, -0.1) is 0 Å². The Kier molecular flexibility index (Phi) is 21.8. The lowest BCUT2D eigenvalue weighted by Gasteiger charge is -2.03. The third kappa shape index (κ3) is 21.4. The first-order chi connectivity index (χ1) is 11.9. The van der Waals surface area contributed by atoms with Crippen LogP contribution in [0.4, 0.5) is 0 Å². The van der Waals surface area contributed by atoms with Crippen LogP contribution in [0.3, 0.4) is 0 Å². The molecule has 1 N–H and O–H groups in total. The molecule has 1 nitrogen and oxygen atoms in total. The number of aliphatic hydroxyl groups is 1. The topological polar surface area (TPSA) is 20.2 Å². The smallest absolute Gasteiger partial charge is 0.107 e. The molecule has 0 aliphatic heterocycles. The fourth-order valence-electron chi connectivity index (χ4n) is 3.35. The van der Waals surface area contributed by atoms with Crippen LogP contribution < -0.4 is 0 Å². The molecule has 0 radical (unpaired) electrons. The van der Waals surface area contributed by atoms with Crippen molar-refractivity contribution in [1.82, 2.24) is 0 Å². The maximum Gasteiger partial charge on any atom is 0.107 e. The molecule has 0 saturated carbocycles. The van der Waals surface area contributed by atoms with Gasteiger partial charge >= 0.3 is 0 Å². The lowest BCUT2D eigenvalue weighted by atomic mass is 10.0. The molecule has 0 bridgehead atoms. The summed E-state index contributed by atoms with van der Waals surface area (Å²) in [5.74, 6) is 2.71. The van der Waals surface area contributed by atoms with Gasteiger partial charge in [0.05, 0.1) is 0 Å². The molecule has 0 fully saturated rings. The lowest BCUT2D eigenvalue weighted by Crippen LogP contribution is -1.84. The molecule has 0 aromatic rings. The van der Waals surface area contributed by atoms with Crippen molar-refractivity contribution in [3.63, 3.8) is 0 Å². The Hall–Kier alpha value is -0.640. The van der Waals surface area contributed by atoms with E-state index in [2.05, 4.69) is 12.8 Å². The molecule has 0 rings (SSSR count). The second-order valence-electron chi connectivity index (χ2n) is 7.40. The van der Waals surface area contributed by atoms with Crippen molar-refractivity contribution in [2.24, 2.45) is 0 Å². The molecule has 0 saturated heterocycles. The number of unbranched alkanes of at least 4 members (excludes halogenated alkanes) is 19. The van der Waals surface area contributed by atoms with Crippen molar-refractivity contribution in [3.05, 3.63) is 0 Å². The van der Waals surface area contributed by atoms with Gasteiger partial charge in [-0.3, -0.25) is 0 Å². The maximum absolute atomic E-state index is 8.36. The summed E-state index contributed by atoms with van der Waals surface area (Å²) in [6.45, 7) is 2.29. The minimum absolute atomic E-state index is 0.857. The van der Waals surface area contributed by atoms with Crippen LogP contribution in [0, 0.1) is 12.0 Å². The van der Waals surface area contributed by atoms with E-state index in [-0.39, 0.29) is 0 Å². The number of hydrogen-bond donors (Lipinski definition) is 1. The van der Waals surface area contributed by atoms with Crippen LogP contribution in [-0.2, 0) is 0 Å². The molecular formula is C23H44O. The highest BCUT2D eigenvalue weighted by atomic mass is 16.2. The third-order valence-corrected chi connectivity index (χ3v) is 4.98. The van der Waals surface area contributed by atoms with E-state index in [0.717, 1.165) is 12.8 Å². The molecule has 0 atom stereocenters. The van der Waals surface area contributed by atoms with Crippen molar-refractivity contribution in [3.8, 4) is 12.0 Å². The summed E-state index contributed by atoms with van der Waals surface area (Å²) in [4.78, 5) is 0. The van der Waals surface area contributed by atoms with E-state index in [4.69, 9.17) is 5.11 Å². The number of hydrogen-bond acceptors (Lipinski definition) is 1. The first kappa shape index (κ1) is 23.4. The first-order valence-corrected chi connectivity index (χ1v) is 11.0. The molecule has 0 unspecified atom stereocenters. The fourth-order valence-corrected chi connectivity index (χ4v) is 3.35. The predicted octanol–water partition coefficient (Wildman–Crippen LogP) is 8.14. The molecule has 0 aromatic carbocycles. The second kappa shape index (κ2) is 22.4. The molecule has 0 aliphatic rings. The van der Waals surface area contributed by atoms with Crippen LogP contribution in [-0.4, -0.2) is 5.11 Å². The van der Waals surface area contributed by atoms with E-state index >= 15 is 0 Å². The zero-order chi connectivity index (χ0) is 17.6. The zero-order valence-corrected chi connectivity index (χ0v) is 16.6. The van der Waals surface area contributed by atoms with Crippen molar-refractivity contribution >= 4 is 0 Å². The van der Waals surface area contributed by atoms with E-state index in [1.165, 1.54) is 116 Å². The van der Waals surface area contributed by atoms with E-state index in [1.807, 2.05) is 6.11 Å². The van der Waals surface area contributed by atoms with Gasteiger partial charge in [0, 0.05) is 6.42 Å². The van der Waals surface area contributed by atoms with Gasteiger partial charge in [0.1, 0.15) is 6.11 Å².